The van der Waals surface area contributed by atoms with Crippen molar-refractivity contribution in [3.63, 3.8) is 0 Å². The van der Waals surface area contributed by atoms with E-state index in [2.05, 4.69) is 4.72 Å². The lowest BCUT2D eigenvalue weighted by Crippen LogP contribution is -2.16. The summed E-state index contributed by atoms with van der Waals surface area (Å²) in [6.07, 6.45) is 0. The van der Waals surface area contributed by atoms with Crippen LogP contribution in [0, 0.1) is 0 Å². The maximum Gasteiger partial charge on any atom is 0.337 e. The molecular formula is C13H9Cl2NO4S. The monoisotopic (exact) mass is 345 g/mol. The number of halogens is 2. The van der Waals surface area contributed by atoms with Crippen molar-refractivity contribution in [2.75, 3.05) is 4.72 Å². The largest absolute Gasteiger partial charge is 0.478 e. The summed E-state index contributed by atoms with van der Waals surface area (Å²) in [5, 5.41) is 9.32. The van der Waals surface area contributed by atoms with Crippen LogP contribution in [0.4, 0.5) is 5.69 Å². The maximum absolute atomic E-state index is 12.3. The van der Waals surface area contributed by atoms with Gasteiger partial charge in [0.25, 0.3) is 10.0 Å². The van der Waals surface area contributed by atoms with Crippen molar-refractivity contribution in [2.24, 2.45) is 0 Å². The molecule has 2 aromatic carbocycles. The number of aromatic carboxylic acids is 1. The molecule has 2 rings (SSSR count). The second-order valence-corrected chi connectivity index (χ2v) is 6.53. The average Bonchev–Trinajstić information content (AvgIpc) is 2.40. The molecule has 0 spiro atoms. The van der Waals surface area contributed by atoms with Crippen molar-refractivity contribution in [3.05, 3.63) is 58.1 Å². The summed E-state index contributed by atoms with van der Waals surface area (Å²) < 4.78 is 26.7. The predicted molar refractivity (Wildman–Crippen MR) is 80.7 cm³/mol. The standard InChI is InChI=1S/C13H9Cl2NO4S/c14-8-5-6-11(9(7-8)13(17)18)16-21(19,20)12-4-2-1-3-10(12)15/h1-7,16H,(H,17,18). The fraction of sp³-hybridized carbons (Fsp3) is 0. The molecular weight excluding hydrogens is 337 g/mol. The molecule has 8 heteroatoms. The summed E-state index contributed by atoms with van der Waals surface area (Å²) in [6.45, 7) is 0. The quantitative estimate of drug-likeness (QED) is 0.888. The fourth-order valence-electron chi connectivity index (χ4n) is 1.64. The molecule has 0 fully saturated rings. The van der Waals surface area contributed by atoms with Gasteiger partial charge < -0.3 is 5.11 Å². The van der Waals surface area contributed by atoms with Gasteiger partial charge in [0.2, 0.25) is 0 Å². The van der Waals surface area contributed by atoms with Crippen molar-refractivity contribution in [1.29, 1.82) is 0 Å². The van der Waals surface area contributed by atoms with Gasteiger partial charge in [0.1, 0.15) is 4.90 Å². The van der Waals surface area contributed by atoms with Crippen LogP contribution in [0.2, 0.25) is 10.0 Å². The van der Waals surface area contributed by atoms with Crippen LogP contribution in [-0.4, -0.2) is 19.5 Å². The summed E-state index contributed by atoms with van der Waals surface area (Å²) in [6, 6.07) is 9.68. The van der Waals surface area contributed by atoms with Crippen LogP contribution in [-0.2, 0) is 10.0 Å². The second kappa shape index (κ2) is 5.93. The highest BCUT2D eigenvalue weighted by Gasteiger charge is 2.20. The first-order valence-electron chi connectivity index (χ1n) is 5.61. The Morgan fingerprint density at radius 2 is 1.76 bits per heavy atom. The summed E-state index contributed by atoms with van der Waals surface area (Å²) in [4.78, 5) is 11.0. The third-order valence-corrected chi connectivity index (χ3v) is 4.68. The number of hydrogen-bond donors (Lipinski definition) is 2. The van der Waals surface area contributed by atoms with Gasteiger partial charge in [0, 0.05) is 5.02 Å². The van der Waals surface area contributed by atoms with Crippen LogP contribution in [0.15, 0.2) is 47.4 Å². The Hall–Kier alpha value is -1.76. The number of carbonyl (C=O) groups is 1. The number of carboxylic acid groups (broad SMARTS) is 1. The zero-order valence-corrected chi connectivity index (χ0v) is 12.7. The lowest BCUT2D eigenvalue weighted by Gasteiger charge is -2.11. The molecule has 0 aliphatic rings. The van der Waals surface area contributed by atoms with E-state index in [1.165, 1.54) is 30.3 Å². The van der Waals surface area contributed by atoms with Crippen molar-refractivity contribution >= 4 is 44.9 Å². The van der Waals surface area contributed by atoms with Gasteiger partial charge in [-0.25, -0.2) is 13.2 Å². The zero-order chi connectivity index (χ0) is 15.6. The first-order valence-corrected chi connectivity index (χ1v) is 7.85. The van der Waals surface area contributed by atoms with E-state index in [9.17, 15) is 13.2 Å². The van der Waals surface area contributed by atoms with Crippen LogP contribution in [0.5, 0.6) is 0 Å². The zero-order valence-electron chi connectivity index (χ0n) is 10.4. The Bertz CT molecular complexity index is 806. The third kappa shape index (κ3) is 3.47. The number of sulfonamides is 1. The molecule has 0 aromatic heterocycles. The SMILES string of the molecule is O=C(O)c1cc(Cl)ccc1NS(=O)(=O)c1ccccc1Cl. The highest BCUT2D eigenvalue weighted by Crippen LogP contribution is 2.26. The summed E-state index contributed by atoms with van der Waals surface area (Å²) >= 11 is 11.6. The minimum Gasteiger partial charge on any atom is -0.478 e. The molecule has 0 saturated heterocycles. The minimum atomic E-state index is -4.00. The molecule has 0 bridgehead atoms. The lowest BCUT2D eigenvalue weighted by molar-refractivity contribution is 0.0698. The topological polar surface area (TPSA) is 83.5 Å². The summed E-state index contributed by atoms with van der Waals surface area (Å²) in [5.41, 5.74) is -0.343. The van der Waals surface area contributed by atoms with Gasteiger partial charge >= 0.3 is 5.97 Å². The molecule has 0 unspecified atom stereocenters. The van der Waals surface area contributed by atoms with E-state index in [4.69, 9.17) is 28.3 Å². The Balaban J connectivity index is 2.47. The highest BCUT2D eigenvalue weighted by molar-refractivity contribution is 7.92. The van der Waals surface area contributed by atoms with Gasteiger partial charge in [0.05, 0.1) is 16.3 Å². The first kappa shape index (κ1) is 15.6. The van der Waals surface area contributed by atoms with Crippen molar-refractivity contribution in [3.8, 4) is 0 Å². The van der Waals surface area contributed by atoms with Gasteiger partial charge in [-0.2, -0.15) is 0 Å². The molecule has 5 nitrogen and oxygen atoms in total. The summed E-state index contributed by atoms with van der Waals surface area (Å²) in [5.74, 6) is -1.30. The lowest BCUT2D eigenvalue weighted by atomic mass is 10.2. The van der Waals surface area contributed by atoms with Crippen molar-refractivity contribution in [2.45, 2.75) is 4.90 Å². The molecule has 2 aromatic rings. The van der Waals surface area contributed by atoms with Gasteiger partial charge in [-0.1, -0.05) is 35.3 Å². The highest BCUT2D eigenvalue weighted by atomic mass is 35.5. The van der Waals surface area contributed by atoms with Crippen LogP contribution in [0.1, 0.15) is 10.4 Å². The van der Waals surface area contributed by atoms with Crippen LogP contribution in [0.3, 0.4) is 0 Å². The molecule has 0 atom stereocenters. The Morgan fingerprint density at radius 1 is 1.10 bits per heavy atom. The number of hydrogen-bond acceptors (Lipinski definition) is 3. The van der Waals surface area contributed by atoms with E-state index >= 15 is 0 Å². The Kier molecular flexibility index (Phi) is 4.41. The number of carboxylic acids is 1. The van der Waals surface area contributed by atoms with E-state index in [1.807, 2.05) is 0 Å². The fourth-order valence-corrected chi connectivity index (χ4v) is 3.42. The molecule has 110 valence electrons. The van der Waals surface area contributed by atoms with Gasteiger partial charge in [0.15, 0.2) is 0 Å². The predicted octanol–water partition coefficient (Wildman–Crippen LogP) is 3.49. The van der Waals surface area contributed by atoms with E-state index < -0.39 is 16.0 Å². The summed E-state index contributed by atoms with van der Waals surface area (Å²) in [7, 11) is -4.00. The van der Waals surface area contributed by atoms with Crippen molar-refractivity contribution < 1.29 is 18.3 Å². The molecule has 0 amide bonds. The van der Waals surface area contributed by atoms with Crippen LogP contribution in [0.25, 0.3) is 0 Å². The molecule has 21 heavy (non-hydrogen) atoms. The molecule has 0 heterocycles. The normalized spacial score (nSPS) is 11.1. The van der Waals surface area contributed by atoms with Gasteiger partial charge in [-0.3, -0.25) is 4.72 Å². The number of anilines is 1. The average molecular weight is 346 g/mol. The molecule has 0 radical (unpaired) electrons. The molecule has 2 N–H and O–H groups in total. The smallest absolute Gasteiger partial charge is 0.337 e. The van der Waals surface area contributed by atoms with E-state index in [0.717, 1.165) is 6.07 Å². The van der Waals surface area contributed by atoms with Gasteiger partial charge in [-0.15, -0.1) is 0 Å². The Morgan fingerprint density at radius 3 is 2.38 bits per heavy atom. The third-order valence-electron chi connectivity index (χ3n) is 2.58. The minimum absolute atomic E-state index is 0.0378. The molecule has 0 saturated carbocycles. The number of rotatable bonds is 4. The molecule has 0 aliphatic carbocycles. The molecule has 0 aliphatic heterocycles. The van der Waals surface area contributed by atoms with E-state index in [0.29, 0.717) is 0 Å². The van der Waals surface area contributed by atoms with Crippen LogP contribution < -0.4 is 4.72 Å². The van der Waals surface area contributed by atoms with Gasteiger partial charge in [-0.05, 0) is 30.3 Å². The van der Waals surface area contributed by atoms with Crippen LogP contribution >= 0.6 is 23.2 Å². The maximum atomic E-state index is 12.3. The second-order valence-electron chi connectivity index (χ2n) is 4.03. The number of nitrogens with one attached hydrogen (secondary N) is 1. The first-order chi connectivity index (χ1) is 9.81. The van der Waals surface area contributed by atoms with E-state index in [1.54, 1.807) is 6.07 Å². The number of benzene rings is 2. The van der Waals surface area contributed by atoms with E-state index in [-0.39, 0.29) is 26.2 Å². The van der Waals surface area contributed by atoms with Crippen molar-refractivity contribution in [1.82, 2.24) is 0 Å². The Labute approximate surface area is 131 Å².